The molecule has 0 atom stereocenters. The molecule has 0 radical (unpaired) electrons. The molecule has 0 saturated carbocycles. The Morgan fingerprint density at radius 2 is 0.949 bits per heavy atom. The molecule has 0 unspecified atom stereocenters. The average Bonchev–Trinajstić information content (AvgIpc) is 3.23. The van der Waals surface area contributed by atoms with E-state index in [2.05, 4.69) is 10.6 Å². The zero-order valence-corrected chi connectivity index (χ0v) is 33.5. The van der Waals surface area contributed by atoms with Gasteiger partial charge in [0.15, 0.2) is 0 Å². The number of hydrogen-bond acceptors (Lipinski definition) is 1. The molecule has 0 aliphatic carbocycles. The number of alkyl halides is 6. The predicted octanol–water partition coefficient (Wildman–Crippen LogP) is 9.84. The summed E-state index contributed by atoms with van der Waals surface area (Å²) >= 11 is 0. The van der Waals surface area contributed by atoms with Crippen molar-refractivity contribution in [1.29, 1.82) is 0 Å². The fourth-order valence-corrected chi connectivity index (χ4v) is 12.2. The Kier molecular flexibility index (Phi) is 11.7. The number of anilines is 2. The second-order valence-corrected chi connectivity index (χ2v) is 17.3. The van der Waals surface area contributed by atoms with Gasteiger partial charge in [-0.15, -0.1) is 0 Å². The van der Waals surface area contributed by atoms with Crippen LogP contribution < -0.4 is 43.5 Å². The minimum atomic E-state index is -5.03. The van der Waals surface area contributed by atoms with Gasteiger partial charge in [0.1, 0.15) is 23.2 Å². The third kappa shape index (κ3) is 8.33. The molecule has 8 aromatic carbocycles. The Morgan fingerprint density at radius 3 is 1.47 bits per heavy atom. The number of urea groups is 1. The highest BCUT2D eigenvalue weighted by Crippen LogP contribution is 2.61. The molecule has 11 heteroatoms. The molecule has 0 spiro atoms. The molecule has 0 heterocycles. The summed E-state index contributed by atoms with van der Waals surface area (Å²) in [6.45, 7) is 0. The van der Waals surface area contributed by atoms with Crippen LogP contribution in [0.5, 0.6) is 0 Å². The maximum Gasteiger partial charge on any atom is 0.416 e. The fraction of sp³-hybridized carbons (Fsp3) is 0.0625. The summed E-state index contributed by atoms with van der Waals surface area (Å²) in [5.41, 5.74) is -0.465. The van der Waals surface area contributed by atoms with E-state index in [0.29, 0.717) is 22.5 Å². The number of halogens is 7. The minimum Gasteiger partial charge on any atom is -1.00 e. The predicted molar refractivity (Wildman–Crippen MR) is 225 cm³/mol. The van der Waals surface area contributed by atoms with Gasteiger partial charge in [0, 0.05) is 16.8 Å². The molecule has 0 fully saturated rings. The molecule has 296 valence electrons. The molecule has 59 heavy (non-hydrogen) atoms. The first-order chi connectivity index (χ1) is 27.9. The van der Waals surface area contributed by atoms with Crippen LogP contribution >= 0.6 is 7.26 Å². The van der Waals surface area contributed by atoms with Crippen molar-refractivity contribution in [2.24, 2.45) is 0 Å². The van der Waals surface area contributed by atoms with Gasteiger partial charge in [0.2, 0.25) is 0 Å². The zero-order valence-electron chi connectivity index (χ0n) is 31.0. The molecule has 8 aromatic rings. The van der Waals surface area contributed by atoms with Crippen LogP contribution in [0.1, 0.15) is 16.7 Å². The van der Waals surface area contributed by atoms with Crippen molar-refractivity contribution in [3.63, 3.8) is 0 Å². The summed E-state index contributed by atoms with van der Waals surface area (Å²) in [5, 5.41) is 11.5. The van der Waals surface area contributed by atoms with Crippen molar-refractivity contribution >= 4 is 62.1 Å². The van der Waals surface area contributed by atoms with Crippen LogP contribution in [0.2, 0.25) is 0 Å². The Hall–Kier alpha value is -5.96. The third-order valence-corrected chi connectivity index (χ3v) is 14.6. The fourth-order valence-electron chi connectivity index (χ4n) is 7.74. The quantitative estimate of drug-likeness (QED) is 0.116. The number of hydrogen-bond donors (Lipinski definition) is 2. The molecule has 3 nitrogen and oxygen atoms in total. The molecular formula is C48H34BrF6N2OP. The Labute approximate surface area is 347 Å². The molecule has 0 aliphatic rings. The number of nitrogens with one attached hydrogen (secondary N) is 2. The molecule has 8 rings (SSSR count). The van der Waals surface area contributed by atoms with Crippen molar-refractivity contribution in [2.75, 3.05) is 10.6 Å². The minimum absolute atomic E-state index is 0. The number of rotatable bonds is 8. The number of carbonyl (C=O) groups is 1. The lowest BCUT2D eigenvalue weighted by Gasteiger charge is -2.31. The SMILES string of the molecule is O=C(Nc1ccccc1)Nc1ccc2ccccc2c1-c1c([P+](Cc2cc(C(F)(F)F)cc(C(F)(F)F)c2)(c2ccccc2)c2ccccc2)ccc2ccccc12.[Br-]. The average molecular weight is 880 g/mol. The van der Waals surface area contributed by atoms with E-state index in [1.807, 2.05) is 140 Å². The smallest absolute Gasteiger partial charge is 0.416 e. The molecule has 0 saturated heterocycles. The zero-order chi connectivity index (χ0) is 40.5. The van der Waals surface area contributed by atoms with E-state index in [1.54, 1.807) is 24.3 Å². The molecule has 2 N–H and O–H groups in total. The number of benzene rings is 8. The maximum atomic E-state index is 14.4. The lowest BCUT2D eigenvalue weighted by Crippen LogP contribution is -3.00. The largest absolute Gasteiger partial charge is 1.00 e. The monoisotopic (exact) mass is 878 g/mol. The third-order valence-electron chi connectivity index (χ3n) is 10.2. The van der Waals surface area contributed by atoms with Gasteiger partial charge in [0.05, 0.1) is 23.0 Å². The molecule has 0 aliphatic heterocycles. The van der Waals surface area contributed by atoms with Crippen molar-refractivity contribution in [3.05, 3.63) is 199 Å². The normalized spacial score (nSPS) is 11.9. The van der Waals surface area contributed by atoms with Gasteiger partial charge in [-0.1, -0.05) is 115 Å². The van der Waals surface area contributed by atoms with Crippen molar-refractivity contribution in [2.45, 2.75) is 18.5 Å². The van der Waals surface area contributed by atoms with Crippen molar-refractivity contribution in [3.8, 4) is 11.1 Å². The Morgan fingerprint density at radius 1 is 0.492 bits per heavy atom. The Balaban J connectivity index is 0.00000528. The van der Waals surface area contributed by atoms with Crippen LogP contribution in [0.3, 0.4) is 0 Å². The Bertz CT molecular complexity index is 2690. The summed E-state index contributed by atoms with van der Waals surface area (Å²) < 4.78 is 86.6. The second kappa shape index (κ2) is 16.7. The van der Waals surface area contributed by atoms with Crippen LogP contribution in [0.15, 0.2) is 182 Å². The van der Waals surface area contributed by atoms with Crippen LogP contribution in [0.25, 0.3) is 32.7 Å². The van der Waals surface area contributed by atoms with Gasteiger partial charge in [-0.05, 0) is 93.8 Å². The van der Waals surface area contributed by atoms with E-state index in [9.17, 15) is 31.1 Å². The lowest BCUT2D eigenvalue weighted by molar-refractivity contribution is -0.143. The van der Waals surface area contributed by atoms with E-state index in [1.165, 1.54) is 0 Å². The maximum absolute atomic E-state index is 14.4. The van der Waals surface area contributed by atoms with Crippen molar-refractivity contribution < 1.29 is 48.1 Å². The summed E-state index contributed by atoms with van der Waals surface area (Å²) in [4.78, 5) is 13.8. The summed E-state index contributed by atoms with van der Waals surface area (Å²) in [6.07, 6.45) is -10.2. The second-order valence-electron chi connectivity index (χ2n) is 13.9. The van der Waals surface area contributed by atoms with E-state index in [0.717, 1.165) is 49.6 Å². The molecular weight excluding hydrogens is 845 g/mol. The number of carbonyl (C=O) groups excluding carboxylic acids is 1. The highest BCUT2D eigenvalue weighted by atomic mass is 79.9. The van der Waals surface area contributed by atoms with E-state index in [-0.39, 0.29) is 34.8 Å². The van der Waals surface area contributed by atoms with Crippen LogP contribution in [0, 0.1) is 0 Å². The van der Waals surface area contributed by atoms with E-state index in [4.69, 9.17) is 0 Å². The van der Waals surface area contributed by atoms with Crippen LogP contribution in [-0.4, -0.2) is 6.03 Å². The van der Waals surface area contributed by atoms with Crippen LogP contribution in [-0.2, 0) is 18.5 Å². The van der Waals surface area contributed by atoms with E-state index >= 15 is 0 Å². The first-order valence-corrected chi connectivity index (χ1v) is 20.3. The van der Waals surface area contributed by atoms with E-state index < -0.39 is 36.8 Å². The first-order valence-electron chi connectivity index (χ1n) is 18.4. The lowest BCUT2D eigenvalue weighted by atomic mass is 9.92. The molecule has 2 amide bonds. The van der Waals surface area contributed by atoms with Gasteiger partial charge in [0.25, 0.3) is 0 Å². The topological polar surface area (TPSA) is 41.1 Å². The van der Waals surface area contributed by atoms with Gasteiger partial charge in [-0.25, -0.2) is 4.79 Å². The number of para-hydroxylation sites is 1. The van der Waals surface area contributed by atoms with Crippen LogP contribution in [0.4, 0.5) is 42.5 Å². The number of fused-ring (bicyclic) bond motifs is 2. The highest BCUT2D eigenvalue weighted by Gasteiger charge is 2.49. The highest BCUT2D eigenvalue weighted by molar-refractivity contribution is 7.95. The van der Waals surface area contributed by atoms with Gasteiger partial charge in [-0.3, -0.25) is 0 Å². The van der Waals surface area contributed by atoms with Gasteiger partial charge < -0.3 is 27.6 Å². The first kappa shape index (κ1) is 41.2. The van der Waals surface area contributed by atoms with Gasteiger partial charge >= 0.3 is 18.4 Å². The molecule has 0 aromatic heterocycles. The van der Waals surface area contributed by atoms with Gasteiger partial charge in [-0.2, -0.15) is 26.3 Å². The summed E-state index contributed by atoms with van der Waals surface area (Å²) in [7, 11) is -3.28. The molecule has 0 bridgehead atoms. The van der Waals surface area contributed by atoms with Crippen molar-refractivity contribution in [1.82, 2.24) is 0 Å². The number of amides is 2. The summed E-state index contributed by atoms with van der Waals surface area (Å²) in [5.74, 6) is 0. The summed E-state index contributed by atoms with van der Waals surface area (Å²) in [6, 6.07) is 51.9. The standard InChI is InChI=1S/C48H33F6N2OP.BrH/c49-47(50,51)35-28-32(29-36(30-35)48(52,53)54)31-58(38-18-6-2-7-19-38,39-20-8-3-9-21-39)43-27-25-34-15-11-13-23-41(34)45(43)44-40-22-12-10-14-33(40)24-26-42(44)56-46(57)55-37-16-4-1-5-17-37;/h1-30H,31H2,(H-,55,56,57);1H.